The van der Waals surface area contributed by atoms with E-state index in [-0.39, 0.29) is 18.0 Å². The molecule has 1 N–H and O–H groups in total. The van der Waals surface area contributed by atoms with Gasteiger partial charge < -0.3 is 10.1 Å². The van der Waals surface area contributed by atoms with Gasteiger partial charge in [0.2, 0.25) is 5.91 Å². The quantitative estimate of drug-likeness (QED) is 0.872. The third-order valence-corrected chi connectivity index (χ3v) is 4.37. The summed E-state index contributed by atoms with van der Waals surface area (Å²) < 4.78 is 40.0. The molecule has 2 aromatic rings. The summed E-state index contributed by atoms with van der Waals surface area (Å²) in [6.45, 7) is 1.13. The van der Waals surface area contributed by atoms with Gasteiger partial charge in [-0.05, 0) is 34.9 Å². The number of anilines is 1. The summed E-state index contributed by atoms with van der Waals surface area (Å²) in [5.41, 5.74) is 3.26. The molecule has 3 rings (SSSR count). The van der Waals surface area contributed by atoms with Crippen LogP contribution in [0.1, 0.15) is 16.7 Å². The second kappa shape index (κ2) is 6.10. The summed E-state index contributed by atoms with van der Waals surface area (Å²) in [4.78, 5) is 11.6. The van der Waals surface area contributed by atoms with E-state index in [1.807, 2.05) is 18.2 Å². The lowest BCUT2D eigenvalue weighted by molar-refractivity contribution is -0.115. The molecule has 2 aromatic carbocycles. The molecule has 0 spiro atoms. The fraction of sp³-hybridized carbons (Fsp3) is 0.188. The molecule has 1 aliphatic heterocycles. The Morgan fingerprint density at radius 3 is 2.70 bits per heavy atom. The van der Waals surface area contributed by atoms with Crippen LogP contribution in [0.3, 0.4) is 0 Å². The van der Waals surface area contributed by atoms with Gasteiger partial charge in [0.15, 0.2) is 0 Å². The number of halogens is 1. The van der Waals surface area contributed by atoms with Crippen LogP contribution in [-0.2, 0) is 39.4 Å². The van der Waals surface area contributed by atoms with Gasteiger partial charge in [0.1, 0.15) is 4.90 Å². The van der Waals surface area contributed by atoms with Crippen LogP contribution in [-0.4, -0.2) is 14.3 Å². The highest BCUT2D eigenvalue weighted by atomic mass is 32.3. The van der Waals surface area contributed by atoms with Crippen LogP contribution in [0.2, 0.25) is 0 Å². The van der Waals surface area contributed by atoms with Crippen molar-refractivity contribution >= 4 is 21.8 Å². The lowest BCUT2D eigenvalue weighted by atomic mass is 10.0. The molecule has 0 radical (unpaired) electrons. The number of hydrogen-bond donors (Lipinski definition) is 1. The molecule has 5 nitrogen and oxygen atoms in total. The Bertz CT molecular complexity index is 864. The lowest BCUT2D eigenvalue weighted by Crippen LogP contribution is -2.14. The molecule has 0 saturated heterocycles. The van der Waals surface area contributed by atoms with Crippen molar-refractivity contribution in [2.45, 2.75) is 24.5 Å². The monoisotopic (exact) mass is 335 g/mol. The summed E-state index contributed by atoms with van der Waals surface area (Å²) in [7, 11) is -4.79. The molecule has 120 valence electrons. The highest BCUT2D eigenvalue weighted by molar-refractivity contribution is 7.86. The molecule has 0 bridgehead atoms. The van der Waals surface area contributed by atoms with Crippen molar-refractivity contribution in [2.24, 2.45) is 0 Å². The zero-order chi connectivity index (χ0) is 16.4. The summed E-state index contributed by atoms with van der Waals surface area (Å²) in [5, 5.41) is 2.57. The van der Waals surface area contributed by atoms with Gasteiger partial charge in [-0.3, -0.25) is 4.79 Å². The van der Waals surface area contributed by atoms with E-state index in [4.69, 9.17) is 4.74 Å². The van der Waals surface area contributed by atoms with Crippen LogP contribution in [0.5, 0.6) is 0 Å². The first-order valence-electron chi connectivity index (χ1n) is 6.95. The standard InChI is InChI=1S/C16H14FNO4S/c17-23(20,21)15-3-1-2-14(8-15)18-16(19)7-11-4-5-12-9-22-10-13(12)6-11/h1-6,8H,7,9-10H2,(H,18,19). The molecule has 0 aliphatic carbocycles. The maximum Gasteiger partial charge on any atom is 0.332 e. The number of fused-ring (bicyclic) bond motifs is 1. The number of carbonyl (C=O) groups is 1. The Morgan fingerprint density at radius 2 is 1.91 bits per heavy atom. The minimum Gasteiger partial charge on any atom is -0.372 e. The van der Waals surface area contributed by atoms with Gasteiger partial charge in [0, 0.05) is 5.69 Å². The molecule has 1 amide bonds. The van der Waals surface area contributed by atoms with Crippen molar-refractivity contribution in [1.29, 1.82) is 0 Å². The first-order chi connectivity index (χ1) is 10.9. The highest BCUT2D eigenvalue weighted by Gasteiger charge is 2.14. The summed E-state index contributed by atoms with van der Waals surface area (Å²) in [6, 6.07) is 10.8. The van der Waals surface area contributed by atoms with Crippen LogP contribution >= 0.6 is 0 Å². The van der Waals surface area contributed by atoms with Crippen molar-refractivity contribution < 1.29 is 21.8 Å². The fourth-order valence-electron chi connectivity index (χ4n) is 2.45. The molecule has 0 saturated carbocycles. The Balaban J connectivity index is 1.70. The van der Waals surface area contributed by atoms with E-state index >= 15 is 0 Å². The van der Waals surface area contributed by atoms with Crippen LogP contribution in [0.4, 0.5) is 9.57 Å². The van der Waals surface area contributed by atoms with Crippen molar-refractivity contribution in [3.63, 3.8) is 0 Å². The van der Waals surface area contributed by atoms with Gasteiger partial charge in [0.25, 0.3) is 0 Å². The van der Waals surface area contributed by atoms with Crippen LogP contribution in [0.15, 0.2) is 47.4 Å². The van der Waals surface area contributed by atoms with Gasteiger partial charge in [-0.15, -0.1) is 3.89 Å². The van der Waals surface area contributed by atoms with Crippen LogP contribution in [0.25, 0.3) is 0 Å². The number of ether oxygens (including phenoxy) is 1. The molecular weight excluding hydrogens is 321 g/mol. The molecular formula is C16H14FNO4S. The van der Waals surface area contributed by atoms with E-state index in [1.165, 1.54) is 12.1 Å². The second-order valence-electron chi connectivity index (χ2n) is 5.29. The summed E-state index contributed by atoms with van der Waals surface area (Å²) in [5.74, 6) is -0.308. The first kappa shape index (κ1) is 15.6. The van der Waals surface area contributed by atoms with E-state index in [1.54, 1.807) is 0 Å². The SMILES string of the molecule is O=C(Cc1ccc2c(c1)COC2)Nc1cccc(S(=O)(=O)F)c1. The van der Waals surface area contributed by atoms with Gasteiger partial charge in [-0.2, -0.15) is 8.42 Å². The van der Waals surface area contributed by atoms with E-state index < -0.39 is 15.1 Å². The van der Waals surface area contributed by atoms with Gasteiger partial charge in [-0.25, -0.2) is 0 Å². The number of rotatable bonds is 4. The van der Waals surface area contributed by atoms with Gasteiger partial charge in [-0.1, -0.05) is 24.3 Å². The predicted molar refractivity (Wildman–Crippen MR) is 82.0 cm³/mol. The minimum absolute atomic E-state index is 0.139. The van der Waals surface area contributed by atoms with Crippen LogP contribution in [0, 0.1) is 0 Å². The molecule has 1 heterocycles. The van der Waals surface area contributed by atoms with E-state index in [0.29, 0.717) is 13.2 Å². The summed E-state index contributed by atoms with van der Waals surface area (Å²) in [6.07, 6.45) is 0.139. The average Bonchev–Trinajstić information content (AvgIpc) is 2.94. The predicted octanol–water partition coefficient (Wildman–Crippen LogP) is 2.56. The highest BCUT2D eigenvalue weighted by Crippen LogP contribution is 2.22. The van der Waals surface area contributed by atoms with E-state index in [9.17, 15) is 17.1 Å². The third-order valence-electron chi connectivity index (χ3n) is 3.55. The molecule has 0 unspecified atom stereocenters. The maximum atomic E-state index is 13.0. The summed E-state index contributed by atoms with van der Waals surface area (Å²) >= 11 is 0. The van der Waals surface area contributed by atoms with Crippen molar-refractivity contribution in [3.8, 4) is 0 Å². The zero-order valence-corrected chi connectivity index (χ0v) is 12.9. The van der Waals surface area contributed by atoms with Crippen LogP contribution < -0.4 is 5.32 Å². The van der Waals surface area contributed by atoms with E-state index in [0.717, 1.165) is 28.8 Å². The van der Waals surface area contributed by atoms with E-state index in [2.05, 4.69) is 5.32 Å². The Labute approximate surface area is 133 Å². The minimum atomic E-state index is -4.79. The van der Waals surface area contributed by atoms with Crippen molar-refractivity contribution in [1.82, 2.24) is 0 Å². The molecule has 0 atom stereocenters. The number of benzene rings is 2. The van der Waals surface area contributed by atoms with Crippen molar-refractivity contribution in [3.05, 3.63) is 59.2 Å². The lowest BCUT2D eigenvalue weighted by Gasteiger charge is -2.07. The van der Waals surface area contributed by atoms with Crippen molar-refractivity contribution in [2.75, 3.05) is 5.32 Å². The third kappa shape index (κ3) is 3.75. The van der Waals surface area contributed by atoms with Gasteiger partial charge >= 0.3 is 10.2 Å². The normalized spacial score (nSPS) is 13.6. The number of carbonyl (C=O) groups excluding carboxylic acids is 1. The maximum absolute atomic E-state index is 13.0. The number of nitrogens with one attached hydrogen (secondary N) is 1. The second-order valence-corrected chi connectivity index (χ2v) is 6.63. The molecule has 1 aliphatic rings. The Kier molecular flexibility index (Phi) is 4.14. The zero-order valence-electron chi connectivity index (χ0n) is 12.1. The molecule has 0 aromatic heterocycles. The topological polar surface area (TPSA) is 72.5 Å². The smallest absolute Gasteiger partial charge is 0.332 e. The Morgan fingerprint density at radius 1 is 1.13 bits per heavy atom. The largest absolute Gasteiger partial charge is 0.372 e. The average molecular weight is 335 g/mol. The molecule has 0 fully saturated rings. The fourth-order valence-corrected chi connectivity index (χ4v) is 2.96. The first-order valence-corrected chi connectivity index (χ1v) is 8.33. The Hall–Kier alpha value is -2.25. The van der Waals surface area contributed by atoms with Gasteiger partial charge in [0.05, 0.1) is 19.6 Å². The molecule has 7 heteroatoms. The number of hydrogen-bond acceptors (Lipinski definition) is 4. The molecule has 23 heavy (non-hydrogen) atoms. The number of amides is 1.